The first-order valence-electron chi connectivity index (χ1n) is 12.5. The van der Waals surface area contributed by atoms with Gasteiger partial charge in [-0.3, -0.25) is 20.2 Å². The Kier molecular flexibility index (Phi) is 6.65. The Morgan fingerprint density at radius 3 is 2.54 bits per heavy atom. The fourth-order valence-electron chi connectivity index (χ4n) is 5.28. The number of imidazole rings is 1. The van der Waals surface area contributed by atoms with Crippen molar-refractivity contribution in [3.63, 3.8) is 0 Å². The van der Waals surface area contributed by atoms with E-state index in [0.29, 0.717) is 48.9 Å². The van der Waals surface area contributed by atoms with Crippen LogP contribution >= 0.6 is 0 Å². The van der Waals surface area contributed by atoms with Gasteiger partial charge in [0.1, 0.15) is 17.2 Å². The van der Waals surface area contributed by atoms with Crippen LogP contribution in [0.5, 0.6) is 0 Å². The Labute approximate surface area is 220 Å². The van der Waals surface area contributed by atoms with Gasteiger partial charge in [0.2, 0.25) is 0 Å². The van der Waals surface area contributed by atoms with Gasteiger partial charge in [0, 0.05) is 63.6 Å². The van der Waals surface area contributed by atoms with Gasteiger partial charge < -0.3 is 4.90 Å². The Bertz CT molecular complexity index is 1480. The number of anilines is 1. The van der Waals surface area contributed by atoms with Crippen molar-refractivity contribution in [1.82, 2.24) is 35.1 Å². The minimum atomic E-state index is -4.49. The van der Waals surface area contributed by atoms with E-state index < -0.39 is 23.4 Å². The maximum Gasteiger partial charge on any atom is 0.417 e. The van der Waals surface area contributed by atoms with E-state index in [9.17, 15) is 22.0 Å². The van der Waals surface area contributed by atoms with Crippen molar-refractivity contribution in [2.75, 3.05) is 37.6 Å². The summed E-state index contributed by atoms with van der Waals surface area (Å²) in [6.07, 6.45) is -0.434. The quantitative estimate of drug-likeness (QED) is 0.373. The molecule has 8 nitrogen and oxygen atoms in total. The third-order valence-corrected chi connectivity index (χ3v) is 7.33. The lowest BCUT2D eigenvalue weighted by Gasteiger charge is -2.44. The van der Waals surface area contributed by atoms with Crippen molar-refractivity contribution in [1.29, 1.82) is 0 Å². The molecule has 4 aromatic rings. The average Bonchev–Trinajstić information content (AvgIpc) is 3.61. The molecule has 5 heterocycles. The van der Waals surface area contributed by atoms with Gasteiger partial charge in [-0.25, -0.2) is 23.7 Å². The molecule has 0 radical (unpaired) electrons. The van der Waals surface area contributed by atoms with Gasteiger partial charge in [-0.05, 0) is 35.9 Å². The van der Waals surface area contributed by atoms with Gasteiger partial charge in [0.05, 0.1) is 11.8 Å². The van der Waals surface area contributed by atoms with Gasteiger partial charge in [0.15, 0.2) is 17.5 Å². The number of alkyl halides is 3. The molecule has 13 heteroatoms. The van der Waals surface area contributed by atoms with Gasteiger partial charge >= 0.3 is 6.18 Å². The van der Waals surface area contributed by atoms with Crippen LogP contribution in [0.3, 0.4) is 0 Å². The van der Waals surface area contributed by atoms with Crippen LogP contribution in [0, 0.1) is 17.6 Å². The van der Waals surface area contributed by atoms with Crippen LogP contribution in [-0.2, 0) is 12.7 Å². The number of halogens is 5. The molecule has 0 aliphatic carbocycles. The molecule has 0 saturated carbocycles. The topological polar surface area (TPSA) is 73.6 Å². The molecule has 2 aliphatic heterocycles. The summed E-state index contributed by atoms with van der Waals surface area (Å²) in [4.78, 5) is 17.6. The molecule has 39 heavy (non-hydrogen) atoms. The third kappa shape index (κ3) is 5.16. The molecular formula is C26H25F5N8. The molecule has 1 aromatic carbocycles. The van der Waals surface area contributed by atoms with E-state index in [1.807, 2.05) is 0 Å². The minimum Gasteiger partial charge on any atom is -0.354 e. The number of aromatic nitrogens is 4. The Balaban J connectivity index is 1.27. The lowest BCUT2D eigenvalue weighted by Crippen LogP contribution is -2.56. The first kappa shape index (κ1) is 25.6. The van der Waals surface area contributed by atoms with Gasteiger partial charge in [-0.2, -0.15) is 13.2 Å². The normalized spacial score (nSPS) is 19.3. The molecule has 0 amide bonds. The second-order valence-corrected chi connectivity index (χ2v) is 9.78. The highest BCUT2D eigenvalue weighted by atomic mass is 19.4. The van der Waals surface area contributed by atoms with Crippen LogP contribution < -0.4 is 15.8 Å². The zero-order chi connectivity index (χ0) is 27.1. The van der Waals surface area contributed by atoms with Crippen molar-refractivity contribution < 1.29 is 22.0 Å². The molecule has 2 fully saturated rings. The van der Waals surface area contributed by atoms with Crippen molar-refractivity contribution in [2.45, 2.75) is 18.8 Å². The number of benzene rings is 1. The van der Waals surface area contributed by atoms with Crippen LogP contribution in [0.2, 0.25) is 0 Å². The van der Waals surface area contributed by atoms with Crippen molar-refractivity contribution in [2.24, 2.45) is 5.92 Å². The predicted molar refractivity (Wildman–Crippen MR) is 133 cm³/mol. The molecule has 0 spiro atoms. The SMILES string of the molecule is Fc1ccc(CN2CCN(c3ccnc(-c4cnc5ccc(C(F)(F)F)cn45)n3)CC2C2CNNC2)cc1F. The van der Waals surface area contributed by atoms with Crippen LogP contribution in [0.25, 0.3) is 17.2 Å². The van der Waals surface area contributed by atoms with Crippen LogP contribution in [0.1, 0.15) is 11.1 Å². The molecule has 6 rings (SSSR count). The molecule has 2 aliphatic rings. The molecular weight excluding hydrogens is 519 g/mol. The number of piperazine rings is 1. The van der Waals surface area contributed by atoms with E-state index in [4.69, 9.17) is 4.98 Å². The minimum absolute atomic E-state index is 0.0814. The summed E-state index contributed by atoms with van der Waals surface area (Å²) in [5, 5.41) is 0. The van der Waals surface area contributed by atoms with Crippen LogP contribution in [0.4, 0.5) is 27.8 Å². The van der Waals surface area contributed by atoms with Crippen LogP contribution in [-0.4, -0.2) is 63.0 Å². The first-order valence-corrected chi connectivity index (χ1v) is 12.5. The number of nitrogens with zero attached hydrogens (tertiary/aromatic N) is 6. The lowest BCUT2D eigenvalue weighted by atomic mass is 9.96. The summed E-state index contributed by atoms with van der Waals surface area (Å²) in [7, 11) is 0. The number of hydrogen-bond donors (Lipinski definition) is 2. The molecule has 1 atom stereocenters. The molecule has 3 aromatic heterocycles. The van der Waals surface area contributed by atoms with E-state index in [0.717, 1.165) is 31.4 Å². The summed E-state index contributed by atoms with van der Waals surface area (Å²) in [5.74, 6) is -0.554. The Morgan fingerprint density at radius 1 is 0.949 bits per heavy atom. The molecule has 2 N–H and O–H groups in total. The van der Waals surface area contributed by atoms with E-state index in [2.05, 4.69) is 30.6 Å². The zero-order valence-corrected chi connectivity index (χ0v) is 20.7. The van der Waals surface area contributed by atoms with Crippen LogP contribution in [0.15, 0.2) is 55.0 Å². The second-order valence-electron chi connectivity index (χ2n) is 9.78. The lowest BCUT2D eigenvalue weighted by molar-refractivity contribution is -0.137. The van der Waals surface area contributed by atoms with Gasteiger partial charge in [0.25, 0.3) is 0 Å². The molecule has 204 valence electrons. The third-order valence-electron chi connectivity index (χ3n) is 7.33. The highest BCUT2D eigenvalue weighted by Crippen LogP contribution is 2.31. The zero-order valence-electron chi connectivity index (χ0n) is 20.7. The number of pyridine rings is 1. The summed E-state index contributed by atoms with van der Waals surface area (Å²) in [5.41, 5.74) is 6.96. The molecule has 2 saturated heterocycles. The number of hydrogen-bond acceptors (Lipinski definition) is 7. The fraction of sp³-hybridized carbons (Fsp3) is 0.346. The van der Waals surface area contributed by atoms with Crippen molar-refractivity contribution in [3.8, 4) is 11.5 Å². The Morgan fingerprint density at radius 2 is 1.77 bits per heavy atom. The summed E-state index contributed by atoms with van der Waals surface area (Å²) < 4.78 is 68.6. The van der Waals surface area contributed by atoms with E-state index >= 15 is 0 Å². The predicted octanol–water partition coefficient (Wildman–Crippen LogP) is 3.50. The maximum absolute atomic E-state index is 13.8. The fourth-order valence-corrected chi connectivity index (χ4v) is 5.28. The number of nitrogens with one attached hydrogen (secondary N) is 2. The Hall–Kier alpha value is -3.68. The van der Waals surface area contributed by atoms with E-state index in [1.165, 1.54) is 22.7 Å². The average molecular weight is 545 g/mol. The second kappa shape index (κ2) is 10.1. The van der Waals surface area contributed by atoms with Gasteiger partial charge in [-0.15, -0.1) is 0 Å². The maximum atomic E-state index is 13.8. The van der Waals surface area contributed by atoms with Crippen molar-refractivity contribution >= 4 is 11.5 Å². The summed E-state index contributed by atoms with van der Waals surface area (Å²) in [6, 6.07) is 8.16. The van der Waals surface area contributed by atoms with E-state index in [1.54, 1.807) is 18.3 Å². The number of rotatable bonds is 5. The first-order chi connectivity index (χ1) is 18.8. The molecule has 0 bridgehead atoms. The van der Waals surface area contributed by atoms with Crippen molar-refractivity contribution in [3.05, 3.63) is 77.8 Å². The highest BCUT2D eigenvalue weighted by molar-refractivity contribution is 5.59. The number of fused-ring (bicyclic) bond motifs is 1. The standard InChI is InChI=1S/C26H25F5N8/c27-19-3-1-16(9-20(19)28)13-37-7-8-38(15-22(37)17-10-34-35-11-17)24-5-6-32-25(36-24)21-12-33-23-4-2-18(14-39(21)23)26(29,30)31/h1-6,9,12,14,17,22,34-35H,7-8,10-11,13,15H2. The summed E-state index contributed by atoms with van der Waals surface area (Å²) >= 11 is 0. The smallest absolute Gasteiger partial charge is 0.354 e. The van der Waals surface area contributed by atoms with E-state index in [-0.39, 0.29) is 17.8 Å². The largest absolute Gasteiger partial charge is 0.417 e. The van der Waals surface area contributed by atoms with Gasteiger partial charge in [-0.1, -0.05) is 6.07 Å². The number of hydrazine groups is 1. The highest BCUT2D eigenvalue weighted by Gasteiger charge is 2.35. The summed E-state index contributed by atoms with van der Waals surface area (Å²) in [6.45, 7) is 3.89. The molecule has 1 unspecified atom stereocenters. The monoisotopic (exact) mass is 544 g/mol.